The van der Waals surface area contributed by atoms with Crippen LogP contribution in [0, 0.1) is 0 Å². The Bertz CT molecular complexity index is 270. The third-order valence-electron chi connectivity index (χ3n) is 1.43. The van der Waals surface area contributed by atoms with E-state index in [9.17, 15) is 4.79 Å². The van der Waals surface area contributed by atoms with Crippen LogP contribution in [-0.2, 0) is 0 Å². The van der Waals surface area contributed by atoms with Gasteiger partial charge in [0.25, 0.3) is 0 Å². The number of ketones is 1. The molecule has 12 heavy (non-hydrogen) atoms. The van der Waals surface area contributed by atoms with Gasteiger partial charge < -0.3 is 5.11 Å². The summed E-state index contributed by atoms with van der Waals surface area (Å²) in [4.78, 5) is 12.1. The van der Waals surface area contributed by atoms with Gasteiger partial charge in [-0.25, -0.2) is 0 Å². The second-order valence-electron chi connectivity index (χ2n) is 2.35. The highest BCUT2D eigenvalue weighted by Gasteiger charge is 2.10. The second-order valence-corrected chi connectivity index (χ2v) is 4.12. The van der Waals surface area contributed by atoms with E-state index in [2.05, 4.69) is 15.9 Å². The minimum atomic E-state index is 0.0781. The number of Topliss-reactive ketones (excluding diaryl/α,β-unsaturated/α-hetero) is 1. The first kappa shape index (κ1) is 9.89. The third kappa shape index (κ3) is 2.40. The highest BCUT2D eigenvalue weighted by molar-refractivity contribution is 9.10. The Morgan fingerprint density at radius 2 is 2.42 bits per heavy atom. The van der Waals surface area contributed by atoms with Gasteiger partial charge in [0.2, 0.25) is 0 Å². The number of rotatable bonds is 4. The number of carbonyl (C=O) groups excluding carboxylic acids is 1. The molecule has 1 aromatic heterocycles. The highest BCUT2D eigenvalue weighted by atomic mass is 79.9. The van der Waals surface area contributed by atoms with Gasteiger partial charge in [-0.2, -0.15) is 0 Å². The second kappa shape index (κ2) is 4.74. The zero-order valence-electron chi connectivity index (χ0n) is 6.42. The lowest BCUT2D eigenvalue weighted by atomic mass is 10.2. The number of hydrogen-bond acceptors (Lipinski definition) is 3. The first-order valence-corrected chi connectivity index (χ1v) is 5.30. The third-order valence-corrected chi connectivity index (χ3v) is 3.31. The van der Waals surface area contributed by atoms with Crippen molar-refractivity contribution in [2.45, 2.75) is 12.8 Å². The van der Waals surface area contributed by atoms with Crippen molar-refractivity contribution in [3.63, 3.8) is 0 Å². The summed E-state index contributed by atoms with van der Waals surface area (Å²) in [5.74, 6) is 0.103. The van der Waals surface area contributed by atoms with E-state index in [0.29, 0.717) is 12.8 Å². The largest absolute Gasteiger partial charge is 0.396 e. The topological polar surface area (TPSA) is 37.3 Å². The minimum absolute atomic E-state index is 0.0781. The van der Waals surface area contributed by atoms with E-state index in [-0.39, 0.29) is 12.4 Å². The summed E-state index contributed by atoms with van der Waals surface area (Å²) >= 11 is 4.72. The van der Waals surface area contributed by atoms with Crippen LogP contribution in [0.5, 0.6) is 0 Å². The minimum Gasteiger partial charge on any atom is -0.396 e. The van der Waals surface area contributed by atoms with Gasteiger partial charge >= 0.3 is 0 Å². The van der Waals surface area contributed by atoms with Crippen LogP contribution in [0.15, 0.2) is 15.9 Å². The van der Waals surface area contributed by atoms with Crippen molar-refractivity contribution < 1.29 is 9.90 Å². The van der Waals surface area contributed by atoms with Gasteiger partial charge in [-0.15, -0.1) is 11.3 Å². The molecule has 0 radical (unpaired) electrons. The molecule has 0 saturated heterocycles. The molecule has 0 amide bonds. The van der Waals surface area contributed by atoms with Crippen LogP contribution in [0.1, 0.15) is 22.5 Å². The van der Waals surface area contributed by atoms with Crippen molar-refractivity contribution in [1.82, 2.24) is 0 Å². The molecule has 0 aliphatic heterocycles. The van der Waals surface area contributed by atoms with Gasteiger partial charge in [0, 0.05) is 17.5 Å². The molecule has 2 nitrogen and oxygen atoms in total. The molecule has 1 aromatic rings. The molecule has 1 rings (SSSR count). The fourth-order valence-electron chi connectivity index (χ4n) is 0.846. The molecule has 66 valence electrons. The summed E-state index contributed by atoms with van der Waals surface area (Å²) in [6, 6.07) is 1.86. The van der Waals surface area contributed by atoms with Crippen LogP contribution in [0.2, 0.25) is 0 Å². The Labute approximate surface area is 83.4 Å². The molecular formula is C8H9BrO2S. The van der Waals surface area contributed by atoms with Crippen LogP contribution in [0.25, 0.3) is 0 Å². The zero-order valence-corrected chi connectivity index (χ0v) is 8.82. The van der Waals surface area contributed by atoms with Crippen molar-refractivity contribution in [1.29, 1.82) is 0 Å². The molecule has 0 saturated carbocycles. The molecule has 0 spiro atoms. The average Bonchev–Trinajstić information content (AvgIpc) is 2.47. The number of hydrogen-bond donors (Lipinski definition) is 1. The van der Waals surface area contributed by atoms with Crippen molar-refractivity contribution in [2.24, 2.45) is 0 Å². The summed E-state index contributed by atoms with van der Waals surface area (Å²) in [7, 11) is 0. The van der Waals surface area contributed by atoms with E-state index in [0.717, 1.165) is 9.35 Å². The lowest BCUT2D eigenvalue weighted by Crippen LogP contribution is -1.98. The standard InChI is InChI=1S/C8H9BrO2S/c9-6-3-5-12-8(6)7(11)2-1-4-10/h3,5,10H,1-2,4H2. The smallest absolute Gasteiger partial charge is 0.174 e. The Balaban J connectivity index is 2.59. The SMILES string of the molecule is O=C(CCCO)c1sccc1Br. The Morgan fingerprint density at radius 3 is 2.92 bits per heavy atom. The van der Waals surface area contributed by atoms with Crippen molar-refractivity contribution in [2.75, 3.05) is 6.61 Å². The summed E-state index contributed by atoms with van der Waals surface area (Å²) in [5, 5.41) is 10.4. The van der Waals surface area contributed by atoms with Crippen LogP contribution in [-0.4, -0.2) is 17.5 Å². The molecule has 0 aromatic carbocycles. The maximum absolute atomic E-state index is 11.4. The Morgan fingerprint density at radius 1 is 1.67 bits per heavy atom. The number of aliphatic hydroxyl groups is 1. The van der Waals surface area contributed by atoms with E-state index in [4.69, 9.17) is 5.11 Å². The maximum Gasteiger partial charge on any atom is 0.174 e. The summed E-state index contributed by atoms with van der Waals surface area (Å²) in [5.41, 5.74) is 0. The molecular weight excluding hydrogens is 240 g/mol. The fraction of sp³-hybridized carbons (Fsp3) is 0.375. The van der Waals surface area contributed by atoms with Crippen molar-refractivity contribution >= 4 is 33.0 Å². The van der Waals surface area contributed by atoms with Crippen LogP contribution in [0.3, 0.4) is 0 Å². The summed E-state index contributed by atoms with van der Waals surface area (Å²) in [6.45, 7) is 0.0781. The van der Waals surface area contributed by atoms with Gasteiger partial charge in [0.05, 0.1) is 4.88 Å². The number of aliphatic hydroxyl groups excluding tert-OH is 1. The molecule has 0 fully saturated rings. The lowest BCUT2D eigenvalue weighted by Gasteiger charge is -1.95. The van der Waals surface area contributed by atoms with Crippen LogP contribution < -0.4 is 0 Å². The maximum atomic E-state index is 11.4. The highest BCUT2D eigenvalue weighted by Crippen LogP contribution is 2.24. The van der Waals surface area contributed by atoms with Gasteiger partial charge in [0.15, 0.2) is 5.78 Å². The number of carbonyl (C=O) groups is 1. The van der Waals surface area contributed by atoms with Gasteiger partial charge in [-0.05, 0) is 33.8 Å². The van der Waals surface area contributed by atoms with E-state index >= 15 is 0 Å². The molecule has 0 unspecified atom stereocenters. The monoisotopic (exact) mass is 248 g/mol. The van der Waals surface area contributed by atoms with E-state index in [1.807, 2.05) is 11.4 Å². The van der Waals surface area contributed by atoms with E-state index in [1.54, 1.807) is 0 Å². The average molecular weight is 249 g/mol. The Hall–Kier alpha value is -0.190. The molecule has 1 heterocycles. The number of halogens is 1. The predicted molar refractivity (Wildman–Crippen MR) is 52.7 cm³/mol. The molecule has 1 N–H and O–H groups in total. The van der Waals surface area contributed by atoms with Crippen LogP contribution in [0.4, 0.5) is 0 Å². The first-order chi connectivity index (χ1) is 5.75. The van der Waals surface area contributed by atoms with Crippen molar-refractivity contribution in [3.05, 3.63) is 20.8 Å². The summed E-state index contributed by atoms with van der Waals surface area (Å²) < 4.78 is 0.857. The van der Waals surface area contributed by atoms with Crippen molar-refractivity contribution in [3.8, 4) is 0 Å². The zero-order chi connectivity index (χ0) is 8.97. The number of thiophene rings is 1. The normalized spacial score (nSPS) is 10.2. The predicted octanol–water partition coefficient (Wildman–Crippen LogP) is 2.47. The molecule has 4 heteroatoms. The first-order valence-electron chi connectivity index (χ1n) is 3.62. The fourth-order valence-corrected chi connectivity index (χ4v) is 2.41. The molecule has 0 aliphatic carbocycles. The lowest BCUT2D eigenvalue weighted by molar-refractivity contribution is 0.0974. The van der Waals surface area contributed by atoms with Gasteiger partial charge in [-0.3, -0.25) is 4.79 Å². The van der Waals surface area contributed by atoms with Crippen LogP contribution >= 0.6 is 27.3 Å². The Kier molecular flexibility index (Phi) is 3.91. The molecule has 0 aliphatic rings. The molecule has 0 atom stereocenters. The van der Waals surface area contributed by atoms with E-state index in [1.165, 1.54) is 11.3 Å². The molecule has 0 bridgehead atoms. The van der Waals surface area contributed by atoms with E-state index < -0.39 is 0 Å². The summed E-state index contributed by atoms with van der Waals surface area (Å²) in [6.07, 6.45) is 0.971. The quantitative estimate of drug-likeness (QED) is 0.832. The van der Waals surface area contributed by atoms with Gasteiger partial charge in [0.1, 0.15) is 0 Å². The van der Waals surface area contributed by atoms with Gasteiger partial charge in [-0.1, -0.05) is 0 Å².